The topological polar surface area (TPSA) is 34.0 Å². The fraction of sp³-hybridized carbons (Fsp3) is 0.333. The highest BCUT2D eigenvalue weighted by molar-refractivity contribution is 5.85. The van der Waals surface area contributed by atoms with Crippen molar-refractivity contribution >= 4 is 12.4 Å². The molecule has 0 amide bonds. The number of nitrogens with zero attached hydrogens (tertiary/aromatic N) is 4. The van der Waals surface area contributed by atoms with Crippen LogP contribution < -0.4 is 0 Å². The molecule has 0 unspecified atom stereocenters. The Morgan fingerprint density at radius 1 is 1.18 bits per heavy atom. The Labute approximate surface area is 107 Å². The lowest BCUT2D eigenvalue weighted by Crippen LogP contribution is -2.27. The van der Waals surface area contributed by atoms with Gasteiger partial charge in [0.25, 0.3) is 0 Å². The summed E-state index contributed by atoms with van der Waals surface area (Å²) < 4.78 is 1.96. The van der Waals surface area contributed by atoms with Crippen LogP contribution in [0.25, 0.3) is 5.69 Å². The first-order chi connectivity index (χ1) is 7.84. The summed E-state index contributed by atoms with van der Waals surface area (Å²) in [5.41, 5.74) is 3.46. The van der Waals surface area contributed by atoms with Crippen LogP contribution in [0.3, 0.4) is 0 Å². The van der Waals surface area contributed by atoms with E-state index in [9.17, 15) is 0 Å². The predicted octanol–water partition coefficient (Wildman–Crippen LogP) is 1.68. The van der Waals surface area contributed by atoms with Crippen LogP contribution in [0, 0.1) is 0 Å². The smallest absolute Gasteiger partial charge is 0.100 e. The number of para-hydroxylation sites is 1. The van der Waals surface area contributed by atoms with Gasteiger partial charge in [0, 0.05) is 19.5 Å². The van der Waals surface area contributed by atoms with E-state index in [2.05, 4.69) is 34.4 Å². The lowest BCUT2D eigenvalue weighted by molar-refractivity contribution is 0.306. The highest BCUT2D eigenvalue weighted by Crippen LogP contribution is 2.18. The molecule has 0 radical (unpaired) electrons. The summed E-state index contributed by atoms with van der Waals surface area (Å²) in [6.45, 7) is 1.98. The van der Waals surface area contributed by atoms with Crippen molar-refractivity contribution in [2.45, 2.75) is 13.0 Å². The van der Waals surface area contributed by atoms with Crippen LogP contribution in [0.15, 0.2) is 30.3 Å². The first kappa shape index (κ1) is 12.1. The van der Waals surface area contributed by atoms with Gasteiger partial charge < -0.3 is 4.90 Å². The largest absolute Gasteiger partial charge is 0.300 e. The van der Waals surface area contributed by atoms with Gasteiger partial charge in [0.05, 0.1) is 11.4 Å². The molecule has 0 saturated carbocycles. The third kappa shape index (κ3) is 2.18. The fourth-order valence-corrected chi connectivity index (χ4v) is 2.11. The number of halogens is 1. The van der Waals surface area contributed by atoms with E-state index in [1.807, 2.05) is 22.9 Å². The molecular formula is C12H15ClN4. The van der Waals surface area contributed by atoms with Gasteiger partial charge in [-0.15, -0.1) is 17.5 Å². The molecule has 1 aromatic carbocycles. The lowest BCUT2D eigenvalue weighted by atomic mass is 10.1. The Morgan fingerprint density at radius 3 is 2.71 bits per heavy atom. The Kier molecular flexibility index (Phi) is 3.45. The van der Waals surface area contributed by atoms with Crippen molar-refractivity contribution in [2.75, 3.05) is 13.6 Å². The van der Waals surface area contributed by atoms with Gasteiger partial charge in [-0.2, -0.15) is 0 Å². The number of fused-ring (bicyclic) bond motifs is 1. The summed E-state index contributed by atoms with van der Waals surface area (Å²) in [6, 6.07) is 10.2. The van der Waals surface area contributed by atoms with Crippen molar-refractivity contribution in [2.24, 2.45) is 0 Å². The first-order valence-electron chi connectivity index (χ1n) is 5.52. The molecule has 0 atom stereocenters. The van der Waals surface area contributed by atoms with Gasteiger partial charge in [0.15, 0.2) is 0 Å². The van der Waals surface area contributed by atoms with Crippen molar-refractivity contribution in [3.8, 4) is 5.69 Å². The molecule has 17 heavy (non-hydrogen) atoms. The average Bonchev–Trinajstić information content (AvgIpc) is 2.73. The molecule has 90 valence electrons. The molecule has 1 aromatic heterocycles. The Hall–Kier alpha value is -1.39. The highest BCUT2D eigenvalue weighted by Gasteiger charge is 2.20. The third-order valence-electron chi connectivity index (χ3n) is 2.99. The molecule has 3 rings (SSSR count). The molecule has 1 aliphatic heterocycles. The van der Waals surface area contributed by atoms with E-state index < -0.39 is 0 Å². The number of likely N-dealkylation sites (N-methyl/N-ethyl adjacent to an activating group) is 1. The molecule has 0 saturated heterocycles. The summed E-state index contributed by atoms with van der Waals surface area (Å²) in [6.07, 6.45) is 1.02. The van der Waals surface area contributed by atoms with Gasteiger partial charge in [0.2, 0.25) is 0 Å². The second kappa shape index (κ2) is 4.85. The van der Waals surface area contributed by atoms with Gasteiger partial charge in [0.1, 0.15) is 5.69 Å². The second-order valence-corrected chi connectivity index (χ2v) is 4.22. The maximum atomic E-state index is 4.25. The Morgan fingerprint density at radius 2 is 1.94 bits per heavy atom. The number of rotatable bonds is 1. The van der Waals surface area contributed by atoms with Crippen molar-refractivity contribution in [3.63, 3.8) is 0 Å². The molecule has 5 heteroatoms. The average molecular weight is 251 g/mol. The van der Waals surface area contributed by atoms with Gasteiger partial charge in [-0.05, 0) is 19.2 Å². The van der Waals surface area contributed by atoms with Crippen molar-refractivity contribution in [1.82, 2.24) is 19.9 Å². The summed E-state index contributed by atoms with van der Waals surface area (Å²) in [7, 11) is 2.12. The number of aromatic nitrogens is 3. The standard InChI is InChI=1S/C12H14N4.ClH/c1-15-8-7-12-11(9-15)13-14-16(12)10-5-3-2-4-6-10;/h2-6H,7-9H2,1H3;1H. The van der Waals surface area contributed by atoms with Gasteiger partial charge >= 0.3 is 0 Å². The Bertz CT molecular complexity index is 494. The van der Waals surface area contributed by atoms with E-state index >= 15 is 0 Å². The minimum Gasteiger partial charge on any atom is -0.300 e. The lowest BCUT2D eigenvalue weighted by Gasteiger charge is -2.21. The molecule has 0 bridgehead atoms. The van der Waals surface area contributed by atoms with Gasteiger partial charge in [-0.3, -0.25) is 0 Å². The van der Waals surface area contributed by atoms with Crippen LogP contribution in [0.5, 0.6) is 0 Å². The predicted molar refractivity (Wildman–Crippen MR) is 68.6 cm³/mol. The highest BCUT2D eigenvalue weighted by atomic mass is 35.5. The fourth-order valence-electron chi connectivity index (χ4n) is 2.11. The summed E-state index contributed by atoms with van der Waals surface area (Å²) in [4.78, 5) is 2.27. The van der Waals surface area contributed by atoms with Gasteiger partial charge in [-0.25, -0.2) is 4.68 Å². The van der Waals surface area contributed by atoms with E-state index in [4.69, 9.17) is 0 Å². The normalized spacial score (nSPS) is 15.1. The molecule has 2 aromatic rings. The molecule has 0 fully saturated rings. The van der Waals surface area contributed by atoms with E-state index in [0.29, 0.717) is 0 Å². The quantitative estimate of drug-likeness (QED) is 0.772. The number of hydrogen-bond acceptors (Lipinski definition) is 3. The second-order valence-electron chi connectivity index (χ2n) is 4.22. The van der Waals surface area contributed by atoms with Gasteiger partial charge in [-0.1, -0.05) is 23.4 Å². The number of benzene rings is 1. The SMILES string of the molecule is CN1CCc2c(nnn2-c2ccccc2)C1.Cl. The van der Waals surface area contributed by atoms with E-state index in [1.54, 1.807) is 0 Å². The zero-order valence-corrected chi connectivity index (χ0v) is 10.5. The van der Waals surface area contributed by atoms with Crippen molar-refractivity contribution in [3.05, 3.63) is 41.7 Å². The van der Waals surface area contributed by atoms with Crippen molar-refractivity contribution in [1.29, 1.82) is 0 Å². The molecule has 0 spiro atoms. The van der Waals surface area contributed by atoms with E-state index in [0.717, 1.165) is 30.9 Å². The summed E-state index contributed by atoms with van der Waals surface area (Å²) in [5, 5.41) is 8.50. The molecule has 1 aliphatic rings. The summed E-state index contributed by atoms with van der Waals surface area (Å²) >= 11 is 0. The molecule has 2 heterocycles. The van der Waals surface area contributed by atoms with Crippen LogP contribution in [0.4, 0.5) is 0 Å². The van der Waals surface area contributed by atoms with E-state index in [1.165, 1.54) is 5.69 Å². The molecular weight excluding hydrogens is 236 g/mol. The van der Waals surface area contributed by atoms with Crippen LogP contribution >= 0.6 is 12.4 Å². The van der Waals surface area contributed by atoms with E-state index in [-0.39, 0.29) is 12.4 Å². The van der Waals surface area contributed by atoms with Crippen molar-refractivity contribution < 1.29 is 0 Å². The summed E-state index contributed by atoms with van der Waals surface area (Å²) in [5.74, 6) is 0. The maximum Gasteiger partial charge on any atom is 0.100 e. The monoisotopic (exact) mass is 250 g/mol. The maximum absolute atomic E-state index is 4.25. The van der Waals surface area contributed by atoms with Crippen LogP contribution in [0.2, 0.25) is 0 Å². The Balaban J connectivity index is 0.00000108. The van der Waals surface area contributed by atoms with Crippen LogP contribution in [-0.4, -0.2) is 33.5 Å². The van der Waals surface area contributed by atoms with Crippen LogP contribution in [0.1, 0.15) is 11.4 Å². The van der Waals surface area contributed by atoms with Crippen LogP contribution in [-0.2, 0) is 13.0 Å². The number of hydrogen-bond donors (Lipinski definition) is 0. The molecule has 4 nitrogen and oxygen atoms in total. The molecule has 0 aliphatic carbocycles. The zero-order valence-electron chi connectivity index (χ0n) is 9.71. The minimum atomic E-state index is 0. The zero-order chi connectivity index (χ0) is 11.0. The third-order valence-corrected chi connectivity index (χ3v) is 2.99. The molecule has 0 N–H and O–H groups in total. The first-order valence-corrected chi connectivity index (χ1v) is 5.52. The minimum absolute atomic E-state index is 0.